The standard InChI is InChI=1S/C21H35N3O3/c1-3-21(4-2)19(26)23(20(27)22-21)15-18(25)24(16-11-7-5-8-12-16)17-13-9-6-10-14-17/h16-17H,3-15H2,1-2H3,(H,22,27). The van der Waals surface area contributed by atoms with Crippen LogP contribution in [0.1, 0.15) is 90.9 Å². The van der Waals surface area contributed by atoms with Gasteiger partial charge in [0.2, 0.25) is 5.91 Å². The number of rotatable bonds is 6. The van der Waals surface area contributed by atoms with E-state index >= 15 is 0 Å². The molecule has 0 radical (unpaired) electrons. The minimum Gasteiger partial charge on any atom is -0.335 e. The molecule has 1 N–H and O–H groups in total. The third kappa shape index (κ3) is 3.99. The summed E-state index contributed by atoms with van der Waals surface area (Å²) in [4.78, 5) is 41.9. The second-order valence-corrected chi connectivity index (χ2v) is 8.50. The number of imide groups is 1. The van der Waals surface area contributed by atoms with Crippen molar-refractivity contribution in [2.24, 2.45) is 0 Å². The van der Waals surface area contributed by atoms with Gasteiger partial charge in [-0.05, 0) is 38.5 Å². The molecule has 0 unspecified atom stereocenters. The minimum absolute atomic E-state index is 0.0414. The number of amides is 4. The fourth-order valence-electron chi connectivity index (χ4n) is 5.19. The second kappa shape index (κ2) is 8.61. The van der Waals surface area contributed by atoms with E-state index in [9.17, 15) is 14.4 Å². The summed E-state index contributed by atoms with van der Waals surface area (Å²) in [7, 11) is 0. The van der Waals surface area contributed by atoms with Crippen molar-refractivity contribution in [3.05, 3.63) is 0 Å². The number of hydrogen-bond acceptors (Lipinski definition) is 3. The third-order valence-electron chi connectivity index (χ3n) is 6.97. The van der Waals surface area contributed by atoms with Crippen LogP contribution in [0, 0.1) is 0 Å². The Kier molecular flexibility index (Phi) is 6.43. The molecule has 152 valence electrons. The van der Waals surface area contributed by atoms with Crippen LogP contribution in [0.4, 0.5) is 4.79 Å². The van der Waals surface area contributed by atoms with Crippen molar-refractivity contribution < 1.29 is 14.4 Å². The monoisotopic (exact) mass is 377 g/mol. The zero-order valence-electron chi connectivity index (χ0n) is 17.0. The molecule has 27 heavy (non-hydrogen) atoms. The Morgan fingerprint density at radius 3 is 1.85 bits per heavy atom. The highest BCUT2D eigenvalue weighted by molar-refractivity contribution is 6.09. The van der Waals surface area contributed by atoms with Gasteiger partial charge in [-0.1, -0.05) is 52.4 Å². The van der Waals surface area contributed by atoms with Crippen LogP contribution < -0.4 is 5.32 Å². The van der Waals surface area contributed by atoms with Crippen molar-refractivity contribution in [1.82, 2.24) is 15.1 Å². The first-order valence-electron chi connectivity index (χ1n) is 11.0. The van der Waals surface area contributed by atoms with E-state index < -0.39 is 11.6 Å². The summed E-state index contributed by atoms with van der Waals surface area (Å²) in [6.07, 6.45) is 12.5. The molecule has 6 nitrogen and oxygen atoms in total. The molecule has 2 aliphatic carbocycles. The second-order valence-electron chi connectivity index (χ2n) is 8.50. The number of urea groups is 1. The summed E-state index contributed by atoms with van der Waals surface area (Å²) in [5.41, 5.74) is -0.835. The van der Waals surface area contributed by atoms with E-state index in [2.05, 4.69) is 10.2 Å². The third-order valence-corrected chi connectivity index (χ3v) is 6.97. The van der Waals surface area contributed by atoms with Gasteiger partial charge in [0.25, 0.3) is 5.91 Å². The summed E-state index contributed by atoms with van der Waals surface area (Å²) in [6, 6.07) is 0.138. The predicted octanol–water partition coefficient (Wildman–Crippen LogP) is 3.59. The molecule has 1 aliphatic heterocycles. The topological polar surface area (TPSA) is 69.7 Å². The van der Waals surface area contributed by atoms with Crippen molar-refractivity contribution in [2.45, 2.75) is 109 Å². The maximum Gasteiger partial charge on any atom is 0.325 e. The van der Waals surface area contributed by atoms with Gasteiger partial charge < -0.3 is 10.2 Å². The van der Waals surface area contributed by atoms with Crippen LogP contribution in [-0.2, 0) is 9.59 Å². The summed E-state index contributed by atoms with van der Waals surface area (Å²) < 4.78 is 0. The largest absolute Gasteiger partial charge is 0.335 e. The molecule has 2 saturated carbocycles. The molecule has 0 aromatic heterocycles. The first-order valence-corrected chi connectivity index (χ1v) is 11.0. The van der Waals surface area contributed by atoms with Gasteiger partial charge in [0.05, 0.1) is 0 Å². The van der Waals surface area contributed by atoms with Crippen molar-refractivity contribution in [1.29, 1.82) is 0 Å². The molecule has 3 fully saturated rings. The highest BCUT2D eigenvalue weighted by atomic mass is 16.2. The normalized spacial score (nSPS) is 24.1. The Morgan fingerprint density at radius 2 is 1.44 bits per heavy atom. The van der Waals surface area contributed by atoms with Crippen molar-refractivity contribution >= 4 is 17.8 Å². The minimum atomic E-state index is -0.835. The van der Waals surface area contributed by atoms with Gasteiger partial charge in [-0.3, -0.25) is 14.5 Å². The first kappa shape index (κ1) is 20.2. The van der Waals surface area contributed by atoms with Gasteiger partial charge in [-0.25, -0.2) is 4.79 Å². The molecule has 3 aliphatic rings. The molecule has 3 rings (SSSR count). The Morgan fingerprint density at radius 1 is 0.963 bits per heavy atom. The van der Waals surface area contributed by atoms with Crippen LogP contribution in [0.25, 0.3) is 0 Å². The Labute approximate surface area is 163 Å². The van der Waals surface area contributed by atoms with Crippen LogP contribution in [0.2, 0.25) is 0 Å². The zero-order valence-corrected chi connectivity index (χ0v) is 17.0. The number of carbonyl (C=O) groups excluding carboxylic acids is 3. The van der Waals surface area contributed by atoms with E-state index in [-0.39, 0.29) is 30.4 Å². The SMILES string of the molecule is CCC1(CC)NC(=O)N(CC(=O)N(C2CCCCC2)C2CCCCC2)C1=O. The van der Waals surface area contributed by atoms with Gasteiger partial charge in [0.15, 0.2) is 0 Å². The van der Waals surface area contributed by atoms with E-state index in [0.29, 0.717) is 12.8 Å². The van der Waals surface area contributed by atoms with Crippen LogP contribution in [0.5, 0.6) is 0 Å². The van der Waals surface area contributed by atoms with Crippen LogP contribution in [0.3, 0.4) is 0 Å². The average molecular weight is 378 g/mol. The first-order chi connectivity index (χ1) is 13.0. The molecule has 0 atom stereocenters. The quantitative estimate of drug-likeness (QED) is 0.719. The van der Waals surface area contributed by atoms with E-state index in [0.717, 1.165) is 30.6 Å². The maximum absolute atomic E-state index is 13.3. The highest BCUT2D eigenvalue weighted by Gasteiger charge is 2.49. The molecule has 0 aromatic rings. The van der Waals surface area contributed by atoms with E-state index in [1.807, 2.05) is 13.8 Å². The Balaban J connectivity index is 1.75. The number of nitrogens with zero attached hydrogens (tertiary/aromatic N) is 2. The lowest BCUT2D eigenvalue weighted by Crippen LogP contribution is -2.53. The smallest absolute Gasteiger partial charge is 0.325 e. The van der Waals surface area contributed by atoms with Gasteiger partial charge >= 0.3 is 6.03 Å². The summed E-state index contributed by atoms with van der Waals surface area (Å²) in [6.45, 7) is 3.70. The van der Waals surface area contributed by atoms with Crippen molar-refractivity contribution in [3.8, 4) is 0 Å². The number of hydrogen-bond donors (Lipinski definition) is 1. The molecular weight excluding hydrogens is 342 g/mol. The molecule has 0 aromatic carbocycles. The van der Waals surface area contributed by atoms with Crippen LogP contribution in [-0.4, -0.2) is 51.8 Å². The molecule has 1 saturated heterocycles. The van der Waals surface area contributed by atoms with Crippen molar-refractivity contribution in [3.63, 3.8) is 0 Å². The lowest BCUT2D eigenvalue weighted by molar-refractivity contribution is -0.143. The van der Waals surface area contributed by atoms with Gasteiger partial charge in [0.1, 0.15) is 12.1 Å². The molecule has 4 amide bonds. The van der Waals surface area contributed by atoms with Crippen LogP contribution in [0.15, 0.2) is 0 Å². The lowest BCUT2D eigenvalue weighted by atomic mass is 9.88. The fraction of sp³-hybridized carbons (Fsp3) is 0.857. The van der Waals surface area contributed by atoms with E-state index in [1.54, 1.807) is 0 Å². The van der Waals surface area contributed by atoms with Crippen molar-refractivity contribution in [2.75, 3.05) is 6.54 Å². The summed E-state index contributed by atoms with van der Waals surface area (Å²) >= 11 is 0. The molecule has 1 heterocycles. The van der Waals surface area contributed by atoms with Gasteiger partial charge in [0, 0.05) is 12.1 Å². The molecular formula is C21H35N3O3. The highest BCUT2D eigenvalue weighted by Crippen LogP contribution is 2.31. The Bertz CT molecular complexity index is 543. The predicted molar refractivity (Wildman–Crippen MR) is 104 cm³/mol. The van der Waals surface area contributed by atoms with E-state index in [1.165, 1.54) is 38.5 Å². The van der Waals surface area contributed by atoms with E-state index in [4.69, 9.17) is 0 Å². The Hall–Kier alpha value is -1.59. The molecule has 6 heteroatoms. The van der Waals surface area contributed by atoms with Gasteiger partial charge in [-0.2, -0.15) is 0 Å². The average Bonchev–Trinajstić information content (AvgIpc) is 2.94. The van der Waals surface area contributed by atoms with Gasteiger partial charge in [-0.15, -0.1) is 0 Å². The lowest BCUT2D eigenvalue weighted by Gasteiger charge is -2.42. The van der Waals surface area contributed by atoms with Crippen LogP contribution >= 0.6 is 0 Å². The maximum atomic E-state index is 13.3. The zero-order chi connectivity index (χ0) is 19.4. The fourth-order valence-corrected chi connectivity index (χ4v) is 5.19. The molecule has 0 bridgehead atoms. The summed E-state index contributed by atoms with van der Waals surface area (Å²) in [5.74, 6) is -0.279. The number of carbonyl (C=O) groups is 3. The molecule has 0 spiro atoms. The number of nitrogens with one attached hydrogen (secondary N) is 1. The summed E-state index contributed by atoms with van der Waals surface area (Å²) in [5, 5.41) is 2.84.